The first kappa shape index (κ1) is 18.2. The maximum Gasteiger partial charge on any atom is 0.251 e. The molecule has 2 aromatic rings. The van der Waals surface area contributed by atoms with Crippen LogP contribution in [0.3, 0.4) is 0 Å². The molecule has 0 radical (unpaired) electrons. The van der Waals surface area contributed by atoms with E-state index in [-0.39, 0.29) is 10.8 Å². The van der Waals surface area contributed by atoms with E-state index in [2.05, 4.69) is 16.4 Å². The molecule has 1 aromatic heterocycles. The van der Waals surface area contributed by atoms with Gasteiger partial charge >= 0.3 is 0 Å². The Bertz CT molecular complexity index is 821. The molecular formula is C17H23N3O3S. The van der Waals surface area contributed by atoms with E-state index in [1.807, 2.05) is 13.8 Å². The van der Waals surface area contributed by atoms with Gasteiger partial charge in [0.2, 0.25) is 10.0 Å². The lowest BCUT2D eigenvalue weighted by Gasteiger charge is -2.11. The number of benzene rings is 1. The van der Waals surface area contributed by atoms with Gasteiger partial charge in [0.05, 0.1) is 4.90 Å². The highest BCUT2D eigenvalue weighted by molar-refractivity contribution is 7.89. The van der Waals surface area contributed by atoms with Crippen molar-refractivity contribution in [1.29, 1.82) is 0 Å². The van der Waals surface area contributed by atoms with E-state index in [9.17, 15) is 13.2 Å². The van der Waals surface area contributed by atoms with Gasteiger partial charge in [-0.3, -0.25) is 4.79 Å². The van der Waals surface area contributed by atoms with E-state index < -0.39 is 10.0 Å². The van der Waals surface area contributed by atoms with Crippen molar-refractivity contribution in [2.24, 2.45) is 0 Å². The van der Waals surface area contributed by atoms with Crippen molar-refractivity contribution in [3.05, 3.63) is 52.8 Å². The monoisotopic (exact) mass is 349 g/mol. The molecule has 2 rings (SSSR count). The molecule has 1 amide bonds. The molecule has 1 heterocycles. The second-order valence-corrected chi connectivity index (χ2v) is 8.07. The molecule has 1 aromatic carbocycles. The van der Waals surface area contributed by atoms with E-state index in [0.717, 1.165) is 22.1 Å². The molecule has 7 heteroatoms. The van der Waals surface area contributed by atoms with Crippen LogP contribution in [0.25, 0.3) is 0 Å². The molecule has 0 bridgehead atoms. The molecule has 6 nitrogen and oxygen atoms in total. The highest BCUT2D eigenvalue weighted by atomic mass is 32.2. The molecule has 2 N–H and O–H groups in total. The fourth-order valence-corrected chi connectivity index (χ4v) is 3.34. The minimum absolute atomic E-state index is 0.169. The van der Waals surface area contributed by atoms with Crippen LogP contribution in [0.5, 0.6) is 0 Å². The van der Waals surface area contributed by atoms with Crippen molar-refractivity contribution in [3.63, 3.8) is 0 Å². The number of nitrogens with zero attached hydrogens (tertiary/aromatic N) is 1. The molecule has 24 heavy (non-hydrogen) atoms. The molecule has 0 spiro atoms. The first-order chi connectivity index (χ1) is 11.2. The lowest BCUT2D eigenvalue weighted by molar-refractivity contribution is 0.0954. The third-order valence-electron chi connectivity index (χ3n) is 3.83. The zero-order valence-corrected chi connectivity index (χ0v) is 15.2. The Kier molecular flexibility index (Phi) is 5.46. The summed E-state index contributed by atoms with van der Waals surface area (Å²) in [5.74, 6) is -0.214. The van der Waals surface area contributed by atoms with Crippen LogP contribution in [0.15, 0.2) is 35.2 Å². The van der Waals surface area contributed by atoms with E-state index in [1.165, 1.54) is 43.9 Å². The van der Waals surface area contributed by atoms with Crippen LogP contribution in [-0.2, 0) is 16.4 Å². The highest BCUT2D eigenvalue weighted by Crippen LogP contribution is 2.14. The summed E-state index contributed by atoms with van der Waals surface area (Å²) in [5.41, 5.74) is 3.83. The summed E-state index contributed by atoms with van der Waals surface area (Å²) in [6, 6.07) is 8.02. The molecule has 0 aliphatic carbocycles. The summed E-state index contributed by atoms with van der Waals surface area (Å²) in [6.07, 6.45) is 0.745. The third kappa shape index (κ3) is 4.04. The van der Waals surface area contributed by atoms with E-state index >= 15 is 0 Å². The predicted octanol–water partition coefficient (Wildman–Crippen LogP) is 1.85. The van der Waals surface area contributed by atoms with Gasteiger partial charge in [0, 0.05) is 37.6 Å². The minimum atomic E-state index is -3.48. The average Bonchev–Trinajstić information content (AvgIpc) is 2.85. The molecular weight excluding hydrogens is 326 g/mol. The number of aromatic nitrogens is 1. The normalized spacial score (nSPS) is 11.7. The van der Waals surface area contributed by atoms with Crippen LogP contribution >= 0.6 is 0 Å². The number of rotatable bonds is 6. The number of carbonyl (C=O) groups excluding carboxylic acids is 1. The number of hydrogen-bond acceptors (Lipinski definition) is 3. The number of aryl methyl sites for hydroxylation is 2. The quantitative estimate of drug-likeness (QED) is 0.835. The maximum atomic E-state index is 12.1. The van der Waals surface area contributed by atoms with Gasteiger partial charge in [-0.2, -0.15) is 0 Å². The van der Waals surface area contributed by atoms with Crippen molar-refractivity contribution in [2.75, 3.05) is 20.6 Å². The SMILES string of the molecule is Cc1cc(CCNC(=O)c2ccc(S(=O)(=O)N(C)C)cc2)c(C)[nH]1. The first-order valence-electron chi connectivity index (χ1n) is 7.67. The van der Waals surface area contributed by atoms with Crippen LogP contribution in [0.2, 0.25) is 0 Å². The van der Waals surface area contributed by atoms with Gasteiger partial charge in [-0.05, 0) is 56.2 Å². The highest BCUT2D eigenvalue weighted by Gasteiger charge is 2.17. The lowest BCUT2D eigenvalue weighted by Crippen LogP contribution is -2.26. The van der Waals surface area contributed by atoms with Gasteiger partial charge in [-0.15, -0.1) is 0 Å². The number of hydrogen-bond donors (Lipinski definition) is 2. The summed E-state index contributed by atoms with van der Waals surface area (Å²) >= 11 is 0. The number of carbonyl (C=O) groups is 1. The summed E-state index contributed by atoms with van der Waals surface area (Å²) in [5, 5.41) is 2.85. The third-order valence-corrected chi connectivity index (χ3v) is 5.66. The standard InChI is InChI=1S/C17H23N3O3S/c1-12-11-15(13(2)19-12)9-10-18-17(21)14-5-7-16(8-6-14)24(22,23)20(3)4/h5-8,11,19H,9-10H2,1-4H3,(H,18,21). The van der Waals surface area contributed by atoms with Crippen molar-refractivity contribution < 1.29 is 13.2 Å². The van der Waals surface area contributed by atoms with Gasteiger partial charge in [-0.25, -0.2) is 12.7 Å². The number of aromatic amines is 1. The Balaban J connectivity index is 1.97. The fourth-order valence-electron chi connectivity index (χ4n) is 2.44. The molecule has 0 saturated heterocycles. The summed E-state index contributed by atoms with van der Waals surface area (Å²) in [4.78, 5) is 15.5. The topological polar surface area (TPSA) is 82.3 Å². The average molecular weight is 349 g/mol. The smallest absolute Gasteiger partial charge is 0.251 e. The Morgan fingerprint density at radius 1 is 1.17 bits per heavy atom. The number of nitrogens with one attached hydrogen (secondary N) is 2. The van der Waals surface area contributed by atoms with Crippen LogP contribution in [0, 0.1) is 13.8 Å². The van der Waals surface area contributed by atoms with Gasteiger partial charge in [0.15, 0.2) is 0 Å². The molecule has 0 atom stereocenters. The molecule has 0 aliphatic heterocycles. The van der Waals surface area contributed by atoms with Crippen molar-refractivity contribution in [1.82, 2.24) is 14.6 Å². The molecule has 0 fully saturated rings. The number of sulfonamides is 1. The van der Waals surface area contributed by atoms with Crippen LogP contribution in [0.1, 0.15) is 27.3 Å². The Morgan fingerprint density at radius 3 is 2.29 bits per heavy atom. The zero-order chi connectivity index (χ0) is 17.9. The minimum Gasteiger partial charge on any atom is -0.362 e. The maximum absolute atomic E-state index is 12.1. The number of H-pyrrole nitrogens is 1. The fraction of sp³-hybridized carbons (Fsp3) is 0.353. The first-order valence-corrected chi connectivity index (χ1v) is 9.11. The van der Waals surface area contributed by atoms with Crippen molar-refractivity contribution in [3.8, 4) is 0 Å². The second-order valence-electron chi connectivity index (χ2n) is 5.92. The van der Waals surface area contributed by atoms with E-state index in [1.54, 1.807) is 0 Å². The Morgan fingerprint density at radius 2 is 1.79 bits per heavy atom. The molecule has 130 valence electrons. The van der Waals surface area contributed by atoms with Gasteiger partial charge in [0.1, 0.15) is 0 Å². The van der Waals surface area contributed by atoms with E-state index in [0.29, 0.717) is 12.1 Å². The lowest BCUT2D eigenvalue weighted by atomic mass is 10.1. The van der Waals surface area contributed by atoms with E-state index in [4.69, 9.17) is 0 Å². The summed E-state index contributed by atoms with van der Waals surface area (Å²) in [7, 11) is -0.531. The van der Waals surface area contributed by atoms with Crippen LogP contribution in [-0.4, -0.2) is 44.3 Å². The number of amides is 1. The Hall–Kier alpha value is -2.12. The molecule has 0 saturated carbocycles. The van der Waals surface area contributed by atoms with Crippen LogP contribution < -0.4 is 5.32 Å². The summed E-state index contributed by atoms with van der Waals surface area (Å²) < 4.78 is 25.1. The molecule has 0 unspecified atom stereocenters. The summed E-state index contributed by atoms with van der Waals surface area (Å²) in [6.45, 7) is 4.53. The van der Waals surface area contributed by atoms with Crippen molar-refractivity contribution in [2.45, 2.75) is 25.2 Å². The van der Waals surface area contributed by atoms with Crippen molar-refractivity contribution >= 4 is 15.9 Å². The van der Waals surface area contributed by atoms with Crippen LogP contribution in [0.4, 0.5) is 0 Å². The Labute approximate surface area is 142 Å². The van der Waals surface area contributed by atoms with Gasteiger partial charge < -0.3 is 10.3 Å². The van der Waals surface area contributed by atoms with Gasteiger partial charge in [-0.1, -0.05) is 0 Å². The van der Waals surface area contributed by atoms with Gasteiger partial charge in [0.25, 0.3) is 5.91 Å². The predicted molar refractivity (Wildman–Crippen MR) is 93.6 cm³/mol. The zero-order valence-electron chi connectivity index (χ0n) is 14.4. The molecule has 0 aliphatic rings. The second kappa shape index (κ2) is 7.19. The largest absolute Gasteiger partial charge is 0.362 e.